The summed E-state index contributed by atoms with van der Waals surface area (Å²) in [5, 5.41) is 3.84. The monoisotopic (exact) mass is 403 g/mol. The third-order valence-corrected chi connectivity index (χ3v) is 5.33. The Kier molecular flexibility index (Phi) is 5.26. The van der Waals surface area contributed by atoms with E-state index < -0.39 is 27.2 Å². The Balaban J connectivity index is 2.01. The van der Waals surface area contributed by atoms with E-state index in [1.165, 1.54) is 18.2 Å². The van der Waals surface area contributed by atoms with Gasteiger partial charge >= 0.3 is 0 Å². The van der Waals surface area contributed by atoms with Crippen LogP contribution in [0.4, 0.5) is 0 Å². The van der Waals surface area contributed by atoms with Gasteiger partial charge in [0.25, 0.3) is 0 Å². The molecular weight excluding hydrogens is 390 g/mol. The van der Waals surface area contributed by atoms with E-state index in [1.54, 1.807) is 0 Å². The van der Waals surface area contributed by atoms with Crippen LogP contribution in [-0.4, -0.2) is 27.8 Å². The molecule has 0 spiro atoms. The van der Waals surface area contributed by atoms with E-state index in [9.17, 15) is 21.6 Å². The summed E-state index contributed by atoms with van der Waals surface area (Å²) >= 11 is 6.14. The number of thiol groups is 2. The van der Waals surface area contributed by atoms with Crippen molar-refractivity contribution in [2.75, 3.05) is 0 Å². The van der Waals surface area contributed by atoms with Crippen LogP contribution in [0.3, 0.4) is 0 Å². The van der Waals surface area contributed by atoms with E-state index in [0.717, 1.165) is 12.8 Å². The van der Waals surface area contributed by atoms with Crippen molar-refractivity contribution in [2.45, 2.75) is 30.3 Å². The molecule has 1 fully saturated rings. The van der Waals surface area contributed by atoms with Crippen LogP contribution in [0, 0.1) is 0 Å². The lowest BCUT2D eigenvalue weighted by molar-refractivity contribution is 0.103. The molecule has 0 radical (unpaired) electrons. The Labute approximate surface area is 151 Å². The van der Waals surface area contributed by atoms with E-state index in [2.05, 4.69) is 5.16 Å². The SMILES string of the molecule is O=C(c1ccc(C[SH](=O)=O)cc1Cl)c1c(C[SH](=O)=O)noc1C1CC1. The minimum atomic E-state index is -2.77. The van der Waals surface area contributed by atoms with Gasteiger partial charge in [-0.25, -0.2) is 16.8 Å². The molecule has 10 heteroatoms. The van der Waals surface area contributed by atoms with Crippen LogP contribution in [0.15, 0.2) is 22.7 Å². The Morgan fingerprint density at radius 3 is 2.40 bits per heavy atom. The number of halogens is 1. The molecule has 1 aromatic heterocycles. The zero-order valence-corrected chi connectivity index (χ0v) is 15.4. The predicted octanol–water partition coefficient (Wildman–Crippen LogP) is 1.66. The number of nitrogens with zero attached hydrogens (tertiary/aromatic N) is 1. The van der Waals surface area contributed by atoms with E-state index >= 15 is 0 Å². The van der Waals surface area contributed by atoms with Crippen molar-refractivity contribution in [2.24, 2.45) is 0 Å². The van der Waals surface area contributed by atoms with Crippen LogP contribution in [0.2, 0.25) is 5.02 Å². The largest absolute Gasteiger partial charge is 0.360 e. The number of rotatable bonds is 7. The summed E-state index contributed by atoms with van der Waals surface area (Å²) in [4.78, 5) is 12.9. The predicted molar refractivity (Wildman–Crippen MR) is 91.4 cm³/mol. The highest BCUT2D eigenvalue weighted by Gasteiger charge is 2.35. The molecule has 1 aromatic carbocycles. The molecule has 1 aliphatic carbocycles. The van der Waals surface area contributed by atoms with Crippen molar-refractivity contribution in [1.82, 2.24) is 5.16 Å². The molecule has 25 heavy (non-hydrogen) atoms. The van der Waals surface area contributed by atoms with Gasteiger partial charge in [0.1, 0.15) is 27.1 Å². The minimum absolute atomic E-state index is 0.0623. The second kappa shape index (κ2) is 7.27. The van der Waals surface area contributed by atoms with Crippen LogP contribution in [-0.2, 0) is 32.9 Å². The number of carbonyl (C=O) groups is 1. The fourth-order valence-electron chi connectivity index (χ4n) is 2.56. The fourth-order valence-corrected chi connectivity index (χ4v) is 3.80. The molecule has 1 saturated carbocycles. The van der Waals surface area contributed by atoms with Crippen LogP contribution in [0.5, 0.6) is 0 Å². The zero-order valence-electron chi connectivity index (χ0n) is 12.8. The van der Waals surface area contributed by atoms with Gasteiger partial charge in [-0.15, -0.1) is 0 Å². The highest BCUT2D eigenvalue weighted by molar-refractivity contribution is 7.71. The Morgan fingerprint density at radius 1 is 1.16 bits per heavy atom. The molecule has 134 valence electrons. The summed E-state index contributed by atoms with van der Waals surface area (Å²) in [5.74, 6) is -0.588. The number of hydrogen-bond acceptors (Lipinski definition) is 7. The van der Waals surface area contributed by atoms with E-state index in [4.69, 9.17) is 16.1 Å². The van der Waals surface area contributed by atoms with Crippen molar-refractivity contribution in [3.05, 3.63) is 51.4 Å². The molecule has 0 aliphatic heterocycles. The van der Waals surface area contributed by atoms with Gasteiger partial charge in [-0.2, -0.15) is 0 Å². The first kappa shape index (κ1) is 18.1. The average molecular weight is 404 g/mol. The number of ketones is 1. The highest BCUT2D eigenvalue weighted by atomic mass is 35.5. The van der Waals surface area contributed by atoms with Crippen LogP contribution < -0.4 is 0 Å². The summed E-state index contributed by atoms with van der Waals surface area (Å²) in [6.45, 7) is 0. The smallest absolute Gasteiger partial charge is 0.200 e. The second-order valence-corrected chi connectivity index (χ2v) is 8.14. The van der Waals surface area contributed by atoms with Crippen molar-refractivity contribution in [3.63, 3.8) is 0 Å². The Bertz CT molecular complexity index is 972. The lowest BCUT2D eigenvalue weighted by Crippen LogP contribution is -2.08. The molecule has 0 amide bonds. The Morgan fingerprint density at radius 2 is 1.84 bits per heavy atom. The van der Waals surface area contributed by atoms with Crippen molar-refractivity contribution >= 4 is 38.8 Å². The van der Waals surface area contributed by atoms with Crippen molar-refractivity contribution in [3.8, 4) is 0 Å². The first-order valence-electron chi connectivity index (χ1n) is 7.42. The maximum absolute atomic E-state index is 12.9. The van der Waals surface area contributed by atoms with E-state index in [0.29, 0.717) is 11.3 Å². The van der Waals surface area contributed by atoms with Crippen LogP contribution in [0.1, 0.15) is 51.7 Å². The van der Waals surface area contributed by atoms with Crippen molar-refractivity contribution in [1.29, 1.82) is 0 Å². The first-order valence-corrected chi connectivity index (χ1v) is 10.5. The number of carbonyl (C=O) groups excluding carboxylic acids is 1. The quantitative estimate of drug-likeness (QED) is 0.534. The standard InChI is InChI=1S/C15H14ClNO6S2/c16-11-5-8(6-24(19)20)1-4-10(11)14(18)13-12(7-25(21)22)17-23-15(13)9-2-3-9/h1,4-5,9,24-25H,2-3,6-7H2. The van der Waals surface area contributed by atoms with Gasteiger partial charge in [-0.3, -0.25) is 4.79 Å². The zero-order chi connectivity index (χ0) is 18.1. The lowest BCUT2D eigenvalue weighted by Gasteiger charge is -2.06. The number of benzene rings is 1. The molecule has 0 unspecified atom stereocenters. The topological polar surface area (TPSA) is 111 Å². The summed E-state index contributed by atoms with van der Waals surface area (Å²) in [5.41, 5.74) is 0.837. The van der Waals surface area contributed by atoms with E-state index in [-0.39, 0.29) is 39.3 Å². The van der Waals surface area contributed by atoms with Gasteiger partial charge in [-0.05, 0) is 30.5 Å². The van der Waals surface area contributed by atoms with Gasteiger partial charge in [0.05, 0.1) is 22.1 Å². The van der Waals surface area contributed by atoms with Crippen LogP contribution in [0.25, 0.3) is 0 Å². The molecule has 1 aliphatic rings. The summed E-state index contributed by atoms with van der Waals surface area (Å²) < 4.78 is 48.9. The molecule has 7 nitrogen and oxygen atoms in total. The van der Waals surface area contributed by atoms with Gasteiger partial charge < -0.3 is 4.52 Å². The van der Waals surface area contributed by atoms with Gasteiger partial charge in [0.15, 0.2) is 11.5 Å². The van der Waals surface area contributed by atoms with E-state index in [1.807, 2.05) is 0 Å². The normalized spacial score (nSPS) is 14.4. The lowest BCUT2D eigenvalue weighted by atomic mass is 9.99. The molecule has 1 heterocycles. The molecule has 0 atom stereocenters. The molecule has 0 N–H and O–H groups in total. The third-order valence-electron chi connectivity index (χ3n) is 3.83. The highest BCUT2D eigenvalue weighted by Crippen LogP contribution is 2.43. The van der Waals surface area contributed by atoms with Crippen molar-refractivity contribution < 1.29 is 26.2 Å². The third kappa shape index (κ3) is 4.10. The van der Waals surface area contributed by atoms with Gasteiger partial charge in [-0.1, -0.05) is 22.8 Å². The number of hydrogen-bond donors (Lipinski definition) is 2. The summed E-state index contributed by atoms with van der Waals surface area (Å²) in [6.07, 6.45) is 1.70. The maximum Gasteiger partial charge on any atom is 0.200 e. The molecular formula is C15H14ClNO6S2. The maximum atomic E-state index is 12.9. The Hall–Kier alpha value is -1.71. The molecule has 2 aromatic rings. The molecule has 0 bridgehead atoms. The van der Waals surface area contributed by atoms with Gasteiger partial charge in [0, 0.05) is 11.5 Å². The first-order chi connectivity index (χ1) is 11.9. The van der Waals surface area contributed by atoms with Gasteiger partial charge in [0.2, 0.25) is 0 Å². The molecule has 0 saturated heterocycles. The minimum Gasteiger partial charge on any atom is -0.360 e. The van der Waals surface area contributed by atoms with Crippen LogP contribution >= 0.6 is 11.6 Å². The fraction of sp³-hybridized carbons (Fsp3) is 0.333. The molecule has 3 rings (SSSR count). The summed E-state index contributed by atoms with van der Waals surface area (Å²) in [6, 6.07) is 4.35. The summed E-state index contributed by atoms with van der Waals surface area (Å²) in [7, 11) is -5.38. The number of aromatic nitrogens is 1. The second-order valence-electron chi connectivity index (χ2n) is 5.77. The average Bonchev–Trinajstić information content (AvgIpc) is 3.27.